The average molecular weight is 316 g/mol. The van der Waals surface area contributed by atoms with Gasteiger partial charge in [0, 0.05) is 6.04 Å². The molecule has 0 saturated heterocycles. The van der Waals surface area contributed by atoms with Crippen LogP contribution in [0.2, 0.25) is 0 Å². The highest BCUT2D eigenvalue weighted by Gasteiger charge is 2.22. The number of rotatable bonds is 4. The van der Waals surface area contributed by atoms with Gasteiger partial charge in [-0.2, -0.15) is 0 Å². The van der Waals surface area contributed by atoms with Crippen LogP contribution in [0.25, 0.3) is 0 Å². The van der Waals surface area contributed by atoms with Gasteiger partial charge in [-0.25, -0.2) is 0 Å². The summed E-state index contributed by atoms with van der Waals surface area (Å²) in [5.41, 5.74) is 14.6. The number of carbonyl (C=O) groups is 1. The van der Waals surface area contributed by atoms with E-state index in [9.17, 15) is 4.79 Å². The molecular weight excluding hydrogens is 288 g/mol. The molecule has 0 aliphatic heterocycles. The molecule has 1 aromatic rings. The summed E-state index contributed by atoms with van der Waals surface area (Å²) in [6.45, 7) is 0.686. The van der Waals surface area contributed by atoms with E-state index < -0.39 is 5.91 Å². The molecule has 1 atom stereocenters. The van der Waals surface area contributed by atoms with Crippen molar-refractivity contribution in [2.75, 3.05) is 6.61 Å². The molecule has 4 nitrogen and oxygen atoms in total. The monoisotopic (exact) mass is 316 g/mol. The van der Waals surface area contributed by atoms with Crippen LogP contribution in [0.15, 0.2) is 12.1 Å². The maximum Gasteiger partial charge on any atom is 0.252 e. The fourth-order valence-corrected chi connectivity index (χ4v) is 3.91. The Morgan fingerprint density at radius 1 is 1.09 bits per heavy atom. The first-order valence-corrected chi connectivity index (χ1v) is 9.00. The summed E-state index contributed by atoms with van der Waals surface area (Å²) in [5.74, 6) is 0.823. The predicted molar refractivity (Wildman–Crippen MR) is 91.5 cm³/mol. The van der Waals surface area contributed by atoms with Gasteiger partial charge in [-0.15, -0.1) is 0 Å². The van der Waals surface area contributed by atoms with E-state index in [4.69, 9.17) is 16.2 Å². The molecule has 4 N–H and O–H groups in total. The van der Waals surface area contributed by atoms with Gasteiger partial charge in [0.2, 0.25) is 0 Å². The minimum atomic E-state index is -0.428. The average Bonchev–Trinajstić information content (AvgIpc) is 2.74. The number of carbonyl (C=O) groups excluding carboxylic acids is 1. The van der Waals surface area contributed by atoms with Gasteiger partial charge in [-0.1, -0.05) is 25.7 Å². The van der Waals surface area contributed by atoms with Crippen LogP contribution >= 0.6 is 0 Å². The fraction of sp³-hybridized carbons (Fsp3) is 0.632. The van der Waals surface area contributed by atoms with Crippen molar-refractivity contribution in [2.45, 2.75) is 63.8 Å². The predicted octanol–water partition coefficient (Wildman–Crippen LogP) is 3.47. The molecule has 1 fully saturated rings. The van der Waals surface area contributed by atoms with Crippen molar-refractivity contribution >= 4 is 5.91 Å². The van der Waals surface area contributed by atoms with Gasteiger partial charge >= 0.3 is 0 Å². The lowest BCUT2D eigenvalue weighted by Gasteiger charge is -2.23. The van der Waals surface area contributed by atoms with Crippen molar-refractivity contribution in [3.63, 3.8) is 0 Å². The van der Waals surface area contributed by atoms with Crippen LogP contribution in [0.4, 0.5) is 0 Å². The molecule has 3 rings (SSSR count). The minimum Gasteiger partial charge on any atom is -0.492 e. The second-order valence-electron chi connectivity index (χ2n) is 7.08. The zero-order valence-corrected chi connectivity index (χ0v) is 13.9. The summed E-state index contributed by atoms with van der Waals surface area (Å²) in [6.07, 6.45) is 10.6. The third-order valence-electron chi connectivity index (χ3n) is 5.32. The molecule has 0 bridgehead atoms. The van der Waals surface area contributed by atoms with Gasteiger partial charge in [0.15, 0.2) is 0 Å². The molecule has 0 aromatic heterocycles. The first-order valence-electron chi connectivity index (χ1n) is 9.00. The zero-order chi connectivity index (χ0) is 16.2. The topological polar surface area (TPSA) is 78.3 Å². The molecule has 0 radical (unpaired) electrons. The van der Waals surface area contributed by atoms with E-state index >= 15 is 0 Å². The van der Waals surface area contributed by atoms with Crippen LogP contribution < -0.4 is 16.2 Å². The maximum atomic E-state index is 11.9. The second kappa shape index (κ2) is 7.35. The second-order valence-corrected chi connectivity index (χ2v) is 7.08. The van der Waals surface area contributed by atoms with E-state index in [1.807, 2.05) is 12.1 Å². The highest BCUT2D eigenvalue weighted by Crippen LogP contribution is 2.33. The lowest BCUT2D eigenvalue weighted by atomic mass is 9.90. The van der Waals surface area contributed by atoms with E-state index in [0.29, 0.717) is 23.8 Å². The van der Waals surface area contributed by atoms with Gasteiger partial charge in [0.1, 0.15) is 5.75 Å². The number of amides is 1. The number of fused-ring (bicyclic) bond motifs is 1. The molecule has 1 aromatic carbocycles. The number of hydrogen-bond donors (Lipinski definition) is 2. The summed E-state index contributed by atoms with van der Waals surface area (Å²) in [5, 5.41) is 0. The van der Waals surface area contributed by atoms with Gasteiger partial charge in [-0.05, 0) is 61.3 Å². The lowest BCUT2D eigenvalue weighted by Crippen LogP contribution is -2.20. The normalized spacial score (nSPS) is 22.2. The van der Waals surface area contributed by atoms with E-state index in [1.165, 1.54) is 37.7 Å². The quantitative estimate of drug-likeness (QED) is 0.835. The molecule has 0 spiro atoms. The number of ether oxygens (including phenoxy) is 1. The molecule has 0 unspecified atom stereocenters. The molecule has 1 amide bonds. The Hall–Kier alpha value is -1.55. The SMILES string of the molecule is NC(=O)c1cc2c(cc1OCC1CCCCC1)CCCC[C@H]2N. The first kappa shape index (κ1) is 16.3. The number of nitrogens with two attached hydrogens (primary N) is 2. The van der Waals surface area contributed by atoms with Crippen LogP contribution in [-0.2, 0) is 6.42 Å². The van der Waals surface area contributed by atoms with Gasteiger partial charge in [0.25, 0.3) is 5.91 Å². The van der Waals surface area contributed by atoms with Gasteiger partial charge in [0.05, 0.1) is 12.2 Å². The van der Waals surface area contributed by atoms with Gasteiger partial charge < -0.3 is 16.2 Å². The Morgan fingerprint density at radius 3 is 2.57 bits per heavy atom. The van der Waals surface area contributed by atoms with Crippen molar-refractivity contribution < 1.29 is 9.53 Å². The van der Waals surface area contributed by atoms with E-state index in [-0.39, 0.29) is 6.04 Å². The highest BCUT2D eigenvalue weighted by atomic mass is 16.5. The number of hydrogen-bond acceptors (Lipinski definition) is 3. The van der Waals surface area contributed by atoms with Crippen LogP contribution in [0.1, 0.15) is 78.9 Å². The van der Waals surface area contributed by atoms with E-state index in [1.54, 1.807) is 0 Å². The van der Waals surface area contributed by atoms with Gasteiger partial charge in [-0.3, -0.25) is 4.79 Å². The number of aryl methyl sites for hydroxylation is 1. The van der Waals surface area contributed by atoms with Crippen molar-refractivity contribution in [3.8, 4) is 5.75 Å². The van der Waals surface area contributed by atoms with Crippen LogP contribution in [0, 0.1) is 5.92 Å². The fourth-order valence-electron chi connectivity index (χ4n) is 3.91. The van der Waals surface area contributed by atoms with Crippen LogP contribution in [0.3, 0.4) is 0 Å². The van der Waals surface area contributed by atoms with E-state index in [2.05, 4.69) is 0 Å². The smallest absolute Gasteiger partial charge is 0.252 e. The molecule has 23 heavy (non-hydrogen) atoms. The number of primary amides is 1. The van der Waals surface area contributed by atoms with Crippen molar-refractivity contribution in [3.05, 3.63) is 28.8 Å². The van der Waals surface area contributed by atoms with E-state index in [0.717, 1.165) is 31.2 Å². The summed E-state index contributed by atoms with van der Waals surface area (Å²) in [4.78, 5) is 11.9. The summed E-state index contributed by atoms with van der Waals surface area (Å²) in [7, 11) is 0. The maximum absolute atomic E-state index is 11.9. The van der Waals surface area contributed by atoms with Crippen molar-refractivity contribution in [2.24, 2.45) is 17.4 Å². The molecule has 2 aliphatic rings. The van der Waals surface area contributed by atoms with Crippen molar-refractivity contribution in [1.82, 2.24) is 0 Å². The van der Waals surface area contributed by atoms with Crippen LogP contribution in [-0.4, -0.2) is 12.5 Å². The summed E-state index contributed by atoms with van der Waals surface area (Å²) >= 11 is 0. The third kappa shape index (κ3) is 3.86. The first-order chi connectivity index (χ1) is 11.1. The largest absolute Gasteiger partial charge is 0.492 e. The molecule has 4 heteroatoms. The third-order valence-corrected chi connectivity index (χ3v) is 5.32. The highest BCUT2D eigenvalue weighted by molar-refractivity contribution is 5.96. The molecule has 2 aliphatic carbocycles. The molecule has 0 heterocycles. The molecule has 1 saturated carbocycles. The molecule has 126 valence electrons. The van der Waals surface area contributed by atoms with Crippen LogP contribution in [0.5, 0.6) is 5.75 Å². The minimum absolute atomic E-state index is 0.00186. The lowest BCUT2D eigenvalue weighted by molar-refractivity contribution is 0.0994. The zero-order valence-electron chi connectivity index (χ0n) is 13.9. The Morgan fingerprint density at radius 2 is 1.83 bits per heavy atom. The van der Waals surface area contributed by atoms with Crippen molar-refractivity contribution in [1.29, 1.82) is 0 Å². The Kier molecular flexibility index (Phi) is 5.21. The summed E-state index contributed by atoms with van der Waals surface area (Å²) in [6, 6.07) is 3.89. The molecular formula is C19H28N2O2. The Bertz CT molecular complexity index is 565. The Labute approximate surface area is 138 Å². The Balaban J connectivity index is 1.82. The summed E-state index contributed by atoms with van der Waals surface area (Å²) < 4.78 is 6.04. The number of benzene rings is 1. The standard InChI is InChI=1S/C19H28N2O2/c20-17-9-5-4-8-14-10-18(16(19(21)22)11-15(14)17)23-12-13-6-2-1-3-7-13/h10-11,13,17H,1-9,12,20H2,(H2,21,22)/t17-/m1/s1.